The molecule has 18 heavy (non-hydrogen) atoms. The summed E-state index contributed by atoms with van der Waals surface area (Å²) in [5.41, 5.74) is 6.82. The lowest BCUT2D eigenvalue weighted by Crippen LogP contribution is -2.45. The molecule has 1 aromatic carbocycles. The topological polar surface area (TPSA) is 73.3 Å². The summed E-state index contributed by atoms with van der Waals surface area (Å²) in [7, 11) is 0. The molecule has 4 N–H and O–H groups in total. The molecule has 1 aliphatic rings. The van der Waals surface area contributed by atoms with E-state index in [9.17, 15) is 5.11 Å². The van der Waals surface area contributed by atoms with Gasteiger partial charge in [0, 0.05) is 18.7 Å². The molecule has 2 rings (SSSR count). The molecular formula is C14H21N3O. The van der Waals surface area contributed by atoms with Gasteiger partial charge in [-0.2, -0.15) is 0 Å². The minimum absolute atomic E-state index is 0.0995. The van der Waals surface area contributed by atoms with Crippen molar-refractivity contribution >= 4 is 5.84 Å². The van der Waals surface area contributed by atoms with Crippen molar-refractivity contribution in [3.8, 4) is 0 Å². The second-order valence-electron chi connectivity index (χ2n) is 5.43. The largest absolute Gasteiger partial charge is 0.389 e. The lowest BCUT2D eigenvalue weighted by Gasteiger charge is -2.36. The summed E-state index contributed by atoms with van der Waals surface area (Å²) in [6, 6.07) is 7.76. The lowest BCUT2D eigenvalue weighted by atomic mass is 9.95. The molecule has 0 aliphatic carbocycles. The zero-order valence-corrected chi connectivity index (χ0v) is 10.8. The molecular weight excluding hydrogens is 226 g/mol. The Bertz CT molecular complexity index is 442. The Morgan fingerprint density at radius 3 is 3.00 bits per heavy atom. The van der Waals surface area contributed by atoms with Crippen molar-refractivity contribution in [2.24, 2.45) is 5.73 Å². The number of piperidine rings is 1. The van der Waals surface area contributed by atoms with Crippen LogP contribution in [0.3, 0.4) is 0 Å². The van der Waals surface area contributed by atoms with Gasteiger partial charge in [0.15, 0.2) is 0 Å². The highest BCUT2D eigenvalue weighted by atomic mass is 16.3. The van der Waals surface area contributed by atoms with Crippen molar-refractivity contribution in [1.82, 2.24) is 4.90 Å². The fourth-order valence-corrected chi connectivity index (χ4v) is 2.55. The third kappa shape index (κ3) is 3.31. The van der Waals surface area contributed by atoms with Gasteiger partial charge in [-0.05, 0) is 37.9 Å². The third-order valence-electron chi connectivity index (χ3n) is 3.40. The van der Waals surface area contributed by atoms with Gasteiger partial charge >= 0.3 is 0 Å². The Hall–Kier alpha value is -1.39. The molecule has 0 radical (unpaired) electrons. The number of nitrogens with two attached hydrogens (primary N) is 1. The van der Waals surface area contributed by atoms with E-state index in [-0.39, 0.29) is 5.84 Å². The maximum Gasteiger partial charge on any atom is 0.122 e. The quantitative estimate of drug-likeness (QED) is 0.557. The van der Waals surface area contributed by atoms with Gasteiger partial charge in [-0.15, -0.1) is 0 Å². The second kappa shape index (κ2) is 5.08. The Morgan fingerprint density at radius 1 is 1.56 bits per heavy atom. The van der Waals surface area contributed by atoms with Gasteiger partial charge in [-0.3, -0.25) is 10.3 Å². The maximum absolute atomic E-state index is 10.1. The first-order chi connectivity index (χ1) is 8.46. The zero-order valence-electron chi connectivity index (χ0n) is 10.8. The monoisotopic (exact) mass is 247 g/mol. The summed E-state index contributed by atoms with van der Waals surface area (Å²) in [6.45, 7) is 4.42. The molecule has 1 fully saturated rings. The van der Waals surface area contributed by atoms with Crippen LogP contribution in [0.4, 0.5) is 0 Å². The first-order valence-electron chi connectivity index (χ1n) is 6.34. The minimum atomic E-state index is -0.573. The molecule has 1 aromatic rings. The standard InChI is InChI=1S/C14H21N3O/c1-14(18)6-3-7-17(10-14)9-11-4-2-5-12(8-11)13(15)16/h2,4-5,8,18H,3,6-7,9-10H2,1H3,(H3,15,16). The van der Waals surface area contributed by atoms with E-state index in [0.29, 0.717) is 6.54 Å². The predicted octanol–water partition coefficient (Wildman–Crippen LogP) is 1.32. The van der Waals surface area contributed by atoms with Crippen LogP contribution in [0.5, 0.6) is 0 Å². The SMILES string of the molecule is CC1(O)CCCN(Cc2cccc(C(=N)N)c2)C1. The average molecular weight is 247 g/mol. The highest BCUT2D eigenvalue weighted by Crippen LogP contribution is 2.21. The van der Waals surface area contributed by atoms with E-state index in [1.807, 2.05) is 31.2 Å². The average Bonchev–Trinajstić information content (AvgIpc) is 2.28. The van der Waals surface area contributed by atoms with Crippen LogP contribution in [-0.2, 0) is 6.54 Å². The molecule has 1 saturated heterocycles. The zero-order chi connectivity index (χ0) is 13.2. The maximum atomic E-state index is 10.1. The van der Waals surface area contributed by atoms with Crippen molar-refractivity contribution in [2.45, 2.75) is 31.9 Å². The fourth-order valence-electron chi connectivity index (χ4n) is 2.55. The van der Waals surface area contributed by atoms with Crippen LogP contribution in [0, 0.1) is 5.41 Å². The molecule has 0 spiro atoms. The minimum Gasteiger partial charge on any atom is -0.389 e. The van der Waals surface area contributed by atoms with Crippen molar-refractivity contribution in [3.05, 3.63) is 35.4 Å². The van der Waals surface area contributed by atoms with E-state index >= 15 is 0 Å². The lowest BCUT2D eigenvalue weighted by molar-refractivity contribution is -0.0181. The van der Waals surface area contributed by atoms with Gasteiger partial charge in [0.2, 0.25) is 0 Å². The number of aliphatic hydroxyl groups is 1. The first-order valence-corrected chi connectivity index (χ1v) is 6.34. The second-order valence-corrected chi connectivity index (χ2v) is 5.43. The van der Waals surface area contributed by atoms with E-state index in [1.165, 1.54) is 0 Å². The molecule has 0 aromatic heterocycles. The Morgan fingerprint density at radius 2 is 2.33 bits per heavy atom. The van der Waals surface area contributed by atoms with Gasteiger partial charge in [0.1, 0.15) is 5.84 Å². The van der Waals surface area contributed by atoms with Crippen LogP contribution in [-0.4, -0.2) is 34.5 Å². The predicted molar refractivity (Wildman–Crippen MR) is 72.6 cm³/mol. The molecule has 1 atom stereocenters. The highest BCUT2D eigenvalue weighted by Gasteiger charge is 2.28. The summed E-state index contributed by atoms with van der Waals surface area (Å²) in [5.74, 6) is 0.0995. The van der Waals surface area contributed by atoms with Gasteiger partial charge in [-0.25, -0.2) is 0 Å². The summed E-state index contributed by atoms with van der Waals surface area (Å²) in [6.07, 6.45) is 1.90. The van der Waals surface area contributed by atoms with Crippen LogP contribution in [0.25, 0.3) is 0 Å². The number of amidine groups is 1. The van der Waals surface area contributed by atoms with Crippen molar-refractivity contribution in [1.29, 1.82) is 5.41 Å². The van der Waals surface area contributed by atoms with E-state index in [2.05, 4.69) is 4.90 Å². The van der Waals surface area contributed by atoms with Gasteiger partial charge in [-0.1, -0.05) is 18.2 Å². The number of hydrogen-bond acceptors (Lipinski definition) is 3. The van der Waals surface area contributed by atoms with Crippen LogP contribution in [0.15, 0.2) is 24.3 Å². The number of β-amino-alcohol motifs (C(OH)–C–C–N with tert-alkyl or cyclic N) is 1. The Balaban J connectivity index is 2.05. The number of rotatable bonds is 3. The van der Waals surface area contributed by atoms with Crippen LogP contribution < -0.4 is 5.73 Å². The number of nitrogens with one attached hydrogen (secondary N) is 1. The molecule has 0 amide bonds. The molecule has 4 heteroatoms. The number of likely N-dealkylation sites (tertiary alicyclic amines) is 1. The fraction of sp³-hybridized carbons (Fsp3) is 0.500. The molecule has 1 aliphatic heterocycles. The summed E-state index contributed by atoms with van der Waals surface area (Å²) >= 11 is 0. The van der Waals surface area contributed by atoms with Crippen LogP contribution >= 0.6 is 0 Å². The Labute approximate surface area is 108 Å². The number of benzene rings is 1. The van der Waals surface area contributed by atoms with Crippen molar-refractivity contribution in [2.75, 3.05) is 13.1 Å². The summed E-state index contributed by atoms with van der Waals surface area (Å²) < 4.78 is 0. The van der Waals surface area contributed by atoms with E-state index < -0.39 is 5.60 Å². The molecule has 0 saturated carbocycles. The van der Waals surface area contributed by atoms with Crippen LogP contribution in [0.2, 0.25) is 0 Å². The number of hydrogen-bond donors (Lipinski definition) is 3. The van der Waals surface area contributed by atoms with Crippen molar-refractivity contribution in [3.63, 3.8) is 0 Å². The summed E-state index contributed by atoms with van der Waals surface area (Å²) in [5, 5.41) is 17.5. The van der Waals surface area contributed by atoms with Gasteiger partial charge in [0.25, 0.3) is 0 Å². The summed E-state index contributed by atoms with van der Waals surface area (Å²) in [4.78, 5) is 2.25. The van der Waals surface area contributed by atoms with Crippen LogP contribution in [0.1, 0.15) is 30.9 Å². The highest BCUT2D eigenvalue weighted by molar-refractivity contribution is 5.95. The molecule has 1 unspecified atom stereocenters. The molecule has 4 nitrogen and oxygen atoms in total. The number of nitrogen functional groups attached to an aromatic ring is 1. The van der Waals surface area contributed by atoms with E-state index in [4.69, 9.17) is 11.1 Å². The van der Waals surface area contributed by atoms with E-state index in [0.717, 1.165) is 37.1 Å². The smallest absolute Gasteiger partial charge is 0.122 e. The number of nitrogens with zero attached hydrogens (tertiary/aromatic N) is 1. The molecule has 1 heterocycles. The van der Waals surface area contributed by atoms with Crippen molar-refractivity contribution < 1.29 is 5.11 Å². The first kappa shape index (κ1) is 13.1. The van der Waals surface area contributed by atoms with Gasteiger partial charge < -0.3 is 10.8 Å². The van der Waals surface area contributed by atoms with Gasteiger partial charge in [0.05, 0.1) is 5.60 Å². The molecule has 0 bridgehead atoms. The Kier molecular flexibility index (Phi) is 3.68. The van der Waals surface area contributed by atoms with E-state index in [1.54, 1.807) is 0 Å². The molecule has 98 valence electrons. The third-order valence-corrected chi connectivity index (χ3v) is 3.40. The normalized spacial score (nSPS) is 25.0.